The first-order valence-corrected chi connectivity index (χ1v) is 17.1. The Morgan fingerprint density at radius 2 is 0.880 bits per heavy atom. The number of anilines is 3. The number of rotatable bonds is 5. The zero-order chi connectivity index (χ0) is 33.0. The van der Waals surface area contributed by atoms with Crippen LogP contribution in [-0.2, 0) is 0 Å². The summed E-state index contributed by atoms with van der Waals surface area (Å²) in [7, 11) is 0. The van der Waals surface area contributed by atoms with E-state index in [0.717, 1.165) is 39.0 Å². The van der Waals surface area contributed by atoms with Crippen molar-refractivity contribution in [1.29, 1.82) is 0 Å². The molecule has 0 atom stereocenters. The first kappa shape index (κ1) is 28.4. The van der Waals surface area contributed by atoms with Crippen molar-refractivity contribution in [2.24, 2.45) is 0 Å². The molecule has 2 nitrogen and oxygen atoms in total. The van der Waals surface area contributed by atoms with E-state index >= 15 is 0 Å². The maximum absolute atomic E-state index is 6.76. The van der Waals surface area contributed by atoms with Crippen molar-refractivity contribution in [2.75, 3.05) is 4.90 Å². The molecular weight excluding hydrogens is 607 g/mol. The van der Waals surface area contributed by atoms with E-state index in [2.05, 4.69) is 193 Å². The van der Waals surface area contributed by atoms with Gasteiger partial charge < -0.3 is 9.32 Å². The summed E-state index contributed by atoms with van der Waals surface area (Å²) >= 11 is 0. The predicted molar refractivity (Wildman–Crippen MR) is 212 cm³/mol. The first-order chi connectivity index (χ1) is 24.8. The molecule has 0 aliphatic rings. The summed E-state index contributed by atoms with van der Waals surface area (Å²) in [5.74, 6) is 0. The van der Waals surface area contributed by atoms with Crippen LogP contribution in [0.15, 0.2) is 192 Å². The lowest BCUT2D eigenvalue weighted by Crippen LogP contribution is -2.09. The molecule has 10 aromatic rings. The van der Waals surface area contributed by atoms with Gasteiger partial charge in [0.15, 0.2) is 0 Å². The van der Waals surface area contributed by atoms with Crippen molar-refractivity contribution < 1.29 is 4.42 Å². The van der Waals surface area contributed by atoms with Gasteiger partial charge in [0.25, 0.3) is 0 Å². The van der Waals surface area contributed by atoms with Gasteiger partial charge in [0, 0.05) is 33.9 Å². The van der Waals surface area contributed by atoms with Gasteiger partial charge in [-0.05, 0) is 97.0 Å². The van der Waals surface area contributed by atoms with Gasteiger partial charge in [0.05, 0.1) is 0 Å². The lowest BCUT2D eigenvalue weighted by Gasteiger charge is -2.26. The Balaban J connectivity index is 1.18. The molecule has 1 aromatic heterocycles. The van der Waals surface area contributed by atoms with Crippen molar-refractivity contribution in [2.45, 2.75) is 0 Å². The zero-order valence-corrected chi connectivity index (χ0v) is 27.3. The van der Waals surface area contributed by atoms with Crippen LogP contribution < -0.4 is 4.90 Å². The molecule has 0 aliphatic heterocycles. The summed E-state index contributed by atoms with van der Waals surface area (Å²) in [6.45, 7) is 0. The van der Waals surface area contributed by atoms with Crippen LogP contribution in [0.25, 0.3) is 76.5 Å². The molecule has 0 amide bonds. The third kappa shape index (κ3) is 4.65. The van der Waals surface area contributed by atoms with E-state index in [4.69, 9.17) is 4.42 Å². The van der Waals surface area contributed by atoms with Crippen molar-refractivity contribution in [3.8, 4) is 22.3 Å². The minimum atomic E-state index is 0.866. The van der Waals surface area contributed by atoms with Gasteiger partial charge in [-0.3, -0.25) is 0 Å². The SMILES string of the molecule is c1ccc(-c2ccc(N(c3ccc4c(c3)oc3cc(-c5ccccc5)c5ccccc5c34)c3ccc4ccc5ccccc5c4c3)cc2)cc1. The van der Waals surface area contributed by atoms with E-state index in [1.54, 1.807) is 0 Å². The van der Waals surface area contributed by atoms with Gasteiger partial charge in [-0.15, -0.1) is 0 Å². The van der Waals surface area contributed by atoms with Gasteiger partial charge >= 0.3 is 0 Å². The molecule has 0 N–H and O–H groups in total. The van der Waals surface area contributed by atoms with Crippen LogP contribution in [0.1, 0.15) is 0 Å². The van der Waals surface area contributed by atoms with Crippen LogP contribution >= 0.6 is 0 Å². The smallest absolute Gasteiger partial charge is 0.137 e. The van der Waals surface area contributed by atoms with E-state index in [-0.39, 0.29) is 0 Å². The van der Waals surface area contributed by atoms with E-state index in [1.807, 2.05) is 0 Å². The molecule has 0 radical (unpaired) electrons. The predicted octanol–water partition coefficient (Wildman–Crippen LogP) is 13.8. The van der Waals surface area contributed by atoms with Gasteiger partial charge in [-0.25, -0.2) is 0 Å². The number of fused-ring (bicyclic) bond motifs is 8. The second-order valence-electron chi connectivity index (χ2n) is 12.9. The molecule has 10 rings (SSSR count). The average molecular weight is 638 g/mol. The highest BCUT2D eigenvalue weighted by molar-refractivity contribution is 6.22. The Morgan fingerprint density at radius 1 is 0.320 bits per heavy atom. The highest BCUT2D eigenvalue weighted by Gasteiger charge is 2.19. The molecule has 234 valence electrons. The third-order valence-electron chi connectivity index (χ3n) is 10.0. The first-order valence-electron chi connectivity index (χ1n) is 17.1. The van der Waals surface area contributed by atoms with Crippen molar-refractivity contribution in [1.82, 2.24) is 0 Å². The van der Waals surface area contributed by atoms with E-state index < -0.39 is 0 Å². The monoisotopic (exact) mass is 637 g/mol. The van der Waals surface area contributed by atoms with Gasteiger partial charge in [0.2, 0.25) is 0 Å². The molecular formula is C48H31NO. The van der Waals surface area contributed by atoms with Crippen LogP contribution in [-0.4, -0.2) is 0 Å². The van der Waals surface area contributed by atoms with Crippen LogP contribution in [0.2, 0.25) is 0 Å². The normalized spacial score (nSPS) is 11.6. The van der Waals surface area contributed by atoms with Crippen molar-refractivity contribution >= 4 is 71.3 Å². The maximum atomic E-state index is 6.76. The Kier molecular flexibility index (Phi) is 6.53. The summed E-state index contributed by atoms with van der Waals surface area (Å²) in [6.07, 6.45) is 0. The minimum Gasteiger partial charge on any atom is -0.456 e. The molecule has 1 heterocycles. The fourth-order valence-corrected chi connectivity index (χ4v) is 7.63. The molecule has 0 aliphatic carbocycles. The Bertz CT molecular complexity index is 2850. The van der Waals surface area contributed by atoms with Crippen LogP contribution in [0.3, 0.4) is 0 Å². The Labute approximate surface area is 290 Å². The highest BCUT2D eigenvalue weighted by atomic mass is 16.3. The average Bonchev–Trinajstić information content (AvgIpc) is 3.57. The molecule has 0 saturated carbocycles. The Morgan fingerprint density at radius 3 is 1.66 bits per heavy atom. The van der Waals surface area contributed by atoms with Crippen molar-refractivity contribution in [3.05, 3.63) is 188 Å². The van der Waals surface area contributed by atoms with Crippen LogP contribution in [0, 0.1) is 0 Å². The lowest BCUT2D eigenvalue weighted by atomic mass is 9.95. The van der Waals surface area contributed by atoms with Gasteiger partial charge in [-0.1, -0.05) is 140 Å². The highest BCUT2D eigenvalue weighted by Crippen LogP contribution is 2.44. The largest absolute Gasteiger partial charge is 0.456 e. The molecule has 9 aromatic carbocycles. The van der Waals surface area contributed by atoms with Crippen LogP contribution in [0.5, 0.6) is 0 Å². The molecule has 0 saturated heterocycles. The third-order valence-corrected chi connectivity index (χ3v) is 10.0. The molecule has 0 spiro atoms. The van der Waals surface area contributed by atoms with E-state index in [0.29, 0.717) is 0 Å². The fraction of sp³-hybridized carbons (Fsp3) is 0. The summed E-state index contributed by atoms with van der Waals surface area (Å²) in [6, 6.07) is 67.4. The number of benzene rings is 9. The summed E-state index contributed by atoms with van der Waals surface area (Å²) in [4.78, 5) is 2.34. The number of nitrogens with zero attached hydrogens (tertiary/aromatic N) is 1. The number of hydrogen-bond donors (Lipinski definition) is 0. The van der Waals surface area contributed by atoms with E-state index in [1.165, 1.54) is 54.6 Å². The minimum absolute atomic E-state index is 0.866. The summed E-state index contributed by atoms with van der Waals surface area (Å²) < 4.78 is 6.76. The van der Waals surface area contributed by atoms with Crippen molar-refractivity contribution in [3.63, 3.8) is 0 Å². The molecule has 0 unspecified atom stereocenters. The van der Waals surface area contributed by atoms with Crippen LogP contribution in [0.4, 0.5) is 17.1 Å². The second-order valence-corrected chi connectivity index (χ2v) is 12.9. The molecule has 50 heavy (non-hydrogen) atoms. The topological polar surface area (TPSA) is 16.4 Å². The number of furan rings is 1. The van der Waals surface area contributed by atoms with Gasteiger partial charge in [-0.2, -0.15) is 0 Å². The van der Waals surface area contributed by atoms with Gasteiger partial charge in [0.1, 0.15) is 11.2 Å². The van der Waals surface area contributed by atoms with E-state index in [9.17, 15) is 0 Å². The lowest BCUT2D eigenvalue weighted by molar-refractivity contribution is 0.669. The quantitative estimate of drug-likeness (QED) is 0.175. The summed E-state index contributed by atoms with van der Waals surface area (Å²) in [5, 5.41) is 9.63. The number of hydrogen-bond acceptors (Lipinski definition) is 2. The maximum Gasteiger partial charge on any atom is 0.137 e. The standard InChI is InChI=1S/C48H31NO/c1-3-11-32(12-4-1)33-21-24-37(25-22-33)49(38-26-23-36-20-19-35-15-7-8-16-40(35)44(36)29-38)39-27-28-43-46(30-39)50-47-31-45(34-13-5-2-6-14-34)41-17-9-10-18-42(41)48(43)47/h1-31H. The molecule has 0 fully saturated rings. The molecule has 2 heteroatoms. The molecule has 0 bridgehead atoms. The second kappa shape index (κ2) is 11.5. The zero-order valence-electron chi connectivity index (χ0n) is 27.3. The Hall–Kier alpha value is -6.64. The fourth-order valence-electron chi connectivity index (χ4n) is 7.63. The summed E-state index contributed by atoms with van der Waals surface area (Å²) in [5.41, 5.74) is 9.72.